The van der Waals surface area contributed by atoms with E-state index in [1.54, 1.807) is 12.5 Å². The maximum atomic E-state index is 5.12. The molecular weight excluding hydrogens is 148 g/mol. The molecule has 1 heterocycles. The number of hydrogen-bond acceptors (Lipinski definition) is 1. The van der Waals surface area contributed by atoms with Crippen LogP contribution in [0.15, 0.2) is 41.2 Å². The fourth-order valence-electron chi connectivity index (χ4n) is 1.34. The molecule has 0 N–H and O–H groups in total. The molecule has 0 amide bonds. The molecule has 0 aliphatic rings. The molecule has 2 rings (SSSR count). The molecule has 1 heteroatoms. The molecule has 0 aliphatic heterocycles. The number of benzene rings is 1. The van der Waals surface area contributed by atoms with Gasteiger partial charge in [-0.3, -0.25) is 0 Å². The summed E-state index contributed by atoms with van der Waals surface area (Å²) in [4.78, 5) is 0. The lowest BCUT2D eigenvalue weighted by atomic mass is 10.1. The Morgan fingerprint density at radius 2 is 2.17 bits per heavy atom. The normalized spacial score (nSPS) is 11.4. The third kappa shape index (κ3) is 1.03. The lowest BCUT2D eigenvalue weighted by molar-refractivity contribution is 0.572. The van der Waals surface area contributed by atoms with Crippen molar-refractivity contribution in [3.05, 3.63) is 42.4 Å². The summed E-state index contributed by atoms with van der Waals surface area (Å²) in [5, 5.41) is 2.33. The van der Waals surface area contributed by atoms with Crippen LogP contribution in [0.3, 0.4) is 0 Å². The minimum absolute atomic E-state index is 1.16. The molecule has 0 bridgehead atoms. The van der Waals surface area contributed by atoms with Crippen molar-refractivity contribution in [2.45, 2.75) is 6.92 Å². The summed E-state index contributed by atoms with van der Waals surface area (Å²) >= 11 is 0. The zero-order valence-corrected chi connectivity index (χ0v) is 6.95. The Labute approximate surface area is 71.3 Å². The number of furan rings is 1. The third-order valence-corrected chi connectivity index (χ3v) is 1.90. The standard InChI is InChI=1S/C11H10O/c1-2-4-9-5-3-6-10-7-12-8-11(9)10/h2-8H,1H3/b4-2+. The molecule has 0 fully saturated rings. The highest BCUT2D eigenvalue weighted by molar-refractivity contribution is 5.89. The van der Waals surface area contributed by atoms with Gasteiger partial charge in [0.2, 0.25) is 0 Å². The van der Waals surface area contributed by atoms with E-state index in [1.807, 2.05) is 25.1 Å². The zero-order valence-electron chi connectivity index (χ0n) is 6.95. The van der Waals surface area contributed by atoms with Crippen LogP contribution >= 0.6 is 0 Å². The Bertz CT molecular complexity index is 410. The summed E-state index contributed by atoms with van der Waals surface area (Å²) in [7, 11) is 0. The van der Waals surface area contributed by atoms with Crippen LogP contribution in [-0.2, 0) is 0 Å². The van der Waals surface area contributed by atoms with E-state index in [-0.39, 0.29) is 0 Å². The molecule has 1 aromatic heterocycles. The fraction of sp³-hybridized carbons (Fsp3) is 0.0909. The molecule has 0 aliphatic carbocycles. The minimum atomic E-state index is 1.16. The molecule has 0 spiro atoms. The second-order valence-corrected chi connectivity index (χ2v) is 2.72. The van der Waals surface area contributed by atoms with E-state index in [1.165, 1.54) is 10.9 Å². The average molecular weight is 158 g/mol. The minimum Gasteiger partial charge on any atom is -0.471 e. The summed E-state index contributed by atoms with van der Waals surface area (Å²) in [6, 6.07) is 6.16. The van der Waals surface area contributed by atoms with E-state index in [0.29, 0.717) is 0 Å². The van der Waals surface area contributed by atoms with Crippen LogP contribution in [0.5, 0.6) is 0 Å². The monoisotopic (exact) mass is 158 g/mol. The molecule has 60 valence electrons. The highest BCUT2D eigenvalue weighted by Crippen LogP contribution is 2.20. The van der Waals surface area contributed by atoms with Gasteiger partial charge >= 0.3 is 0 Å². The van der Waals surface area contributed by atoms with E-state index in [0.717, 1.165) is 5.39 Å². The van der Waals surface area contributed by atoms with Gasteiger partial charge in [0, 0.05) is 10.8 Å². The maximum absolute atomic E-state index is 5.12. The Hall–Kier alpha value is -1.50. The lowest BCUT2D eigenvalue weighted by Gasteiger charge is -1.93. The van der Waals surface area contributed by atoms with Crippen molar-refractivity contribution in [1.82, 2.24) is 0 Å². The number of allylic oxidation sites excluding steroid dienone is 1. The quantitative estimate of drug-likeness (QED) is 0.619. The van der Waals surface area contributed by atoms with Gasteiger partial charge in [-0.05, 0) is 12.5 Å². The summed E-state index contributed by atoms with van der Waals surface area (Å²) in [5.41, 5.74) is 1.21. The number of fused-ring (bicyclic) bond motifs is 1. The molecule has 0 radical (unpaired) electrons. The Balaban J connectivity index is 2.73. The summed E-state index contributed by atoms with van der Waals surface area (Å²) < 4.78 is 5.12. The van der Waals surface area contributed by atoms with Gasteiger partial charge in [-0.1, -0.05) is 30.4 Å². The first-order valence-electron chi connectivity index (χ1n) is 3.99. The van der Waals surface area contributed by atoms with Gasteiger partial charge in [0.25, 0.3) is 0 Å². The van der Waals surface area contributed by atoms with Crippen molar-refractivity contribution in [2.75, 3.05) is 0 Å². The third-order valence-electron chi connectivity index (χ3n) is 1.90. The molecule has 1 aromatic carbocycles. The summed E-state index contributed by atoms with van der Waals surface area (Å²) in [5.74, 6) is 0. The molecule has 2 aromatic rings. The van der Waals surface area contributed by atoms with Crippen LogP contribution in [-0.4, -0.2) is 0 Å². The largest absolute Gasteiger partial charge is 0.471 e. The summed E-state index contributed by atoms with van der Waals surface area (Å²) in [6.07, 6.45) is 7.66. The molecule has 0 saturated carbocycles. The van der Waals surface area contributed by atoms with Crippen LogP contribution in [0.1, 0.15) is 12.5 Å². The number of hydrogen-bond donors (Lipinski definition) is 0. The van der Waals surface area contributed by atoms with Crippen molar-refractivity contribution in [2.24, 2.45) is 0 Å². The Kier molecular flexibility index (Phi) is 1.71. The fourth-order valence-corrected chi connectivity index (χ4v) is 1.34. The predicted molar refractivity (Wildman–Crippen MR) is 50.9 cm³/mol. The van der Waals surface area contributed by atoms with Crippen molar-refractivity contribution < 1.29 is 4.42 Å². The highest BCUT2D eigenvalue weighted by atomic mass is 16.3. The Morgan fingerprint density at radius 3 is 3.00 bits per heavy atom. The molecular formula is C11H10O. The zero-order chi connectivity index (χ0) is 8.39. The van der Waals surface area contributed by atoms with Gasteiger partial charge in [0.1, 0.15) is 0 Å². The van der Waals surface area contributed by atoms with Crippen LogP contribution in [0, 0.1) is 0 Å². The van der Waals surface area contributed by atoms with Crippen molar-refractivity contribution in [3.63, 3.8) is 0 Å². The van der Waals surface area contributed by atoms with Crippen LogP contribution in [0.25, 0.3) is 16.8 Å². The van der Waals surface area contributed by atoms with Crippen molar-refractivity contribution in [1.29, 1.82) is 0 Å². The van der Waals surface area contributed by atoms with Gasteiger partial charge in [-0.25, -0.2) is 0 Å². The molecule has 1 nitrogen and oxygen atoms in total. The van der Waals surface area contributed by atoms with Crippen LogP contribution in [0.4, 0.5) is 0 Å². The van der Waals surface area contributed by atoms with Gasteiger partial charge < -0.3 is 4.42 Å². The highest BCUT2D eigenvalue weighted by Gasteiger charge is 1.97. The van der Waals surface area contributed by atoms with E-state index in [4.69, 9.17) is 4.42 Å². The van der Waals surface area contributed by atoms with E-state index < -0.39 is 0 Å². The first kappa shape index (κ1) is 7.17. The predicted octanol–water partition coefficient (Wildman–Crippen LogP) is 3.47. The second kappa shape index (κ2) is 2.86. The SMILES string of the molecule is C/C=C/c1cccc2cocc12. The molecule has 0 unspecified atom stereocenters. The van der Waals surface area contributed by atoms with Crippen molar-refractivity contribution >= 4 is 16.8 Å². The maximum Gasteiger partial charge on any atom is 0.0987 e. The lowest BCUT2D eigenvalue weighted by Crippen LogP contribution is -1.71. The van der Waals surface area contributed by atoms with Gasteiger partial charge in [-0.2, -0.15) is 0 Å². The van der Waals surface area contributed by atoms with E-state index in [9.17, 15) is 0 Å². The molecule has 0 saturated heterocycles. The van der Waals surface area contributed by atoms with Gasteiger partial charge in [0.05, 0.1) is 12.5 Å². The topological polar surface area (TPSA) is 13.1 Å². The Morgan fingerprint density at radius 1 is 1.25 bits per heavy atom. The smallest absolute Gasteiger partial charge is 0.0987 e. The first-order valence-corrected chi connectivity index (χ1v) is 3.99. The van der Waals surface area contributed by atoms with Crippen LogP contribution < -0.4 is 0 Å². The van der Waals surface area contributed by atoms with E-state index >= 15 is 0 Å². The van der Waals surface area contributed by atoms with E-state index in [2.05, 4.69) is 12.1 Å². The van der Waals surface area contributed by atoms with Gasteiger partial charge in [0.15, 0.2) is 0 Å². The van der Waals surface area contributed by atoms with Crippen molar-refractivity contribution in [3.8, 4) is 0 Å². The first-order chi connectivity index (χ1) is 5.92. The average Bonchev–Trinajstić information content (AvgIpc) is 2.53. The summed E-state index contributed by atoms with van der Waals surface area (Å²) in [6.45, 7) is 2.01. The molecule has 12 heavy (non-hydrogen) atoms. The van der Waals surface area contributed by atoms with Crippen LogP contribution in [0.2, 0.25) is 0 Å². The number of rotatable bonds is 1. The van der Waals surface area contributed by atoms with Gasteiger partial charge in [-0.15, -0.1) is 0 Å². The molecule has 0 atom stereocenters. The second-order valence-electron chi connectivity index (χ2n) is 2.72.